The van der Waals surface area contributed by atoms with Crippen molar-refractivity contribution < 1.29 is 92.3 Å². The summed E-state index contributed by atoms with van der Waals surface area (Å²) in [5, 5.41) is 0. The van der Waals surface area contributed by atoms with Crippen LogP contribution >= 0.6 is 0 Å². The first-order valence-corrected chi connectivity index (χ1v) is 17.1. The standard InChI is InChI=1S/C15H19F17O4Si3/c1-37(2)35-39(5,36-38(3)4)7-6-8(16,11(20,21)22)33-15(31,32)10(19,13(26,27)28)34-14(29,30)9(17,18)12(23,24)25/h6-7H2,1-5H3. The Balaban J connectivity index is 6.68. The van der Waals surface area contributed by atoms with E-state index in [0.717, 1.165) is 6.55 Å². The highest BCUT2D eigenvalue weighted by atomic mass is 28.5. The Morgan fingerprint density at radius 1 is 0.538 bits per heavy atom. The fourth-order valence-corrected chi connectivity index (χ4v) is 11.6. The average Bonchev–Trinajstić information content (AvgIpc) is 2.61. The van der Waals surface area contributed by atoms with Crippen molar-refractivity contribution in [3.8, 4) is 0 Å². The van der Waals surface area contributed by atoms with Gasteiger partial charge >= 0.3 is 56.9 Å². The molecule has 2 radical (unpaired) electrons. The van der Waals surface area contributed by atoms with Gasteiger partial charge in [-0.2, -0.15) is 70.2 Å². The summed E-state index contributed by atoms with van der Waals surface area (Å²) in [5.41, 5.74) is 0. The molecule has 2 atom stereocenters. The van der Waals surface area contributed by atoms with Crippen LogP contribution in [0.3, 0.4) is 0 Å². The van der Waals surface area contributed by atoms with Crippen LogP contribution in [0.25, 0.3) is 0 Å². The van der Waals surface area contributed by atoms with E-state index in [1.54, 1.807) is 0 Å². The summed E-state index contributed by atoms with van der Waals surface area (Å²) in [7, 11) is -7.72. The van der Waals surface area contributed by atoms with Gasteiger partial charge in [0.15, 0.2) is 18.1 Å². The molecule has 0 spiro atoms. The highest BCUT2D eigenvalue weighted by Gasteiger charge is 2.85. The van der Waals surface area contributed by atoms with Crippen LogP contribution in [0.4, 0.5) is 74.6 Å². The Bertz CT molecular complexity index is 807. The van der Waals surface area contributed by atoms with E-state index in [2.05, 4.69) is 4.74 Å². The lowest BCUT2D eigenvalue weighted by atomic mass is 10.2. The zero-order valence-electron chi connectivity index (χ0n) is 20.0. The second-order valence-corrected chi connectivity index (χ2v) is 16.3. The van der Waals surface area contributed by atoms with Crippen LogP contribution in [-0.4, -0.2) is 75.0 Å². The molecule has 0 aliphatic carbocycles. The predicted octanol–water partition coefficient (Wildman–Crippen LogP) is 7.86. The van der Waals surface area contributed by atoms with E-state index in [9.17, 15) is 74.6 Å². The van der Waals surface area contributed by atoms with Gasteiger partial charge in [-0.05, 0) is 38.8 Å². The van der Waals surface area contributed by atoms with Gasteiger partial charge in [-0.25, -0.2) is 4.39 Å². The van der Waals surface area contributed by atoms with E-state index in [-0.39, 0.29) is 0 Å². The highest BCUT2D eigenvalue weighted by Crippen LogP contribution is 2.57. The Kier molecular flexibility index (Phi) is 11.3. The minimum Gasteiger partial charge on any atom is -0.436 e. The van der Waals surface area contributed by atoms with Crippen molar-refractivity contribution in [2.24, 2.45) is 0 Å². The molecular weight excluding hydrogens is 651 g/mol. The van der Waals surface area contributed by atoms with Gasteiger partial charge in [0.05, 0.1) is 0 Å². The van der Waals surface area contributed by atoms with Gasteiger partial charge in [0.1, 0.15) is 0 Å². The number of alkyl halides is 17. The second-order valence-electron chi connectivity index (χ2n) is 8.28. The zero-order valence-corrected chi connectivity index (χ0v) is 23.0. The van der Waals surface area contributed by atoms with Gasteiger partial charge in [-0.3, -0.25) is 9.47 Å². The lowest BCUT2D eigenvalue weighted by Crippen LogP contribution is -2.67. The highest BCUT2D eigenvalue weighted by molar-refractivity contribution is 6.79. The van der Waals surface area contributed by atoms with Crippen LogP contribution < -0.4 is 0 Å². The molecule has 0 saturated carbocycles. The molecule has 0 bridgehead atoms. The first-order chi connectivity index (χ1) is 16.7. The third kappa shape index (κ3) is 8.65. The van der Waals surface area contributed by atoms with Gasteiger partial charge < -0.3 is 8.23 Å². The number of hydrogen-bond acceptors (Lipinski definition) is 4. The van der Waals surface area contributed by atoms with Gasteiger partial charge in [0, 0.05) is 6.42 Å². The summed E-state index contributed by atoms with van der Waals surface area (Å²) < 4.78 is 240. The van der Waals surface area contributed by atoms with E-state index in [1.807, 2.05) is 0 Å². The number of ether oxygens (including phenoxy) is 2. The second kappa shape index (κ2) is 11.5. The molecular formula is C15H19F17O4Si3. The molecule has 0 aromatic carbocycles. The van der Waals surface area contributed by atoms with E-state index in [4.69, 9.17) is 8.23 Å². The van der Waals surface area contributed by atoms with E-state index in [0.29, 0.717) is 0 Å². The topological polar surface area (TPSA) is 36.9 Å². The first kappa shape index (κ1) is 38.3. The molecule has 0 aliphatic heterocycles. The summed E-state index contributed by atoms with van der Waals surface area (Å²) in [6, 6.07) is -1.33. The van der Waals surface area contributed by atoms with Crippen molar-refractivity contribution in [2.45, 2.75) is 93.6 Å². The summed E-state index contributed by atoms with van der Waals surface area (Å²) in [6.45, 7) is 6.56. The number of hydrogen-bond donors (Lipinski definition) is 0. The molecule has 234 valence electrons. The van der Waals surface area contributed by atoms with Gasteiger partial charge in [0.2, 0.25) is 0 Å². The average molecular weight is 671 g/mol. The largest absolute Gasteiger partial charge is 0.462 e. The smallest absolute Gasteiger partial charge is 0.436 e. The van der Waals surface area contributed by atoms with Crippen molar-refractivity contribution >= 4 is 26.6 Å². The Morgan fingerprint density at radius 2 is 0.923 bits per heavy atom. The van der Waals surface area contributed by atoms with Crippen molar-refractivity contribution in [1.29, 1.82) is 0 Å². The van der Waals surface area contributed by atoms with Gasteiger partial charge in [-0.15, -0.1) is 0 Å². The minimum atomic E-state index is -7.89. The number of rotatable bonds is 13. The van der Waals surface area contributed by atoms with E-state index in [1.165, 1.54) is 30.9 Å². The van der Waals surface area contributed by atoms with E-state index >= 15 is 0 Å². The van der Waals surface area contributed by atoms with Gasteiger partial charge in [0.25, 0.3) is 0 Å². The van der Waals surface area contributed by atoms with Crippen LogP contribution in [0.5, 0.6) is 0 Å². The molecule has 0 amide bonds. The molecule has 4 nitrogen and oxygen atoms in total. The third-order valence-corrected chi connectivity index (χ3v) is 12.1. The normalized spacial score (nSPS) is 18.5. The van der Waals surface area contributed by atoms with Gasteiger partial charge in [-0.1, -0.05) is 0 Å². The fourth-order valence-electron chi connectivity index (χ4n) is 2.58. The van der Waals surface area contributed by atoms with E-state index < -0.39 is 87.5 Å². The monoisotopic (exact) mass is 670 g/mol. The fraction of sp³-hybridized carbons (Fsp3) is 1.00. The predicted molar refractivity (Wildman–Crippen MR) is 101 cm³/mol. The Hall–Kier alpha value is -0.699. The summed E-state index contributed by atoms with van der Waals surface area (Å²) >= 11 is 0. The lowest BCUT2D eigenvalue weighted by molar-refractivity contribution is -0.552. The Labute approximate surface area is 213 Å². The SMILES string of the molecule is C[Si](C)O[Si](C)(CCC(F)(OC(F)(F)C(F)(OC(F)(F)C(F)(F)C(F)(F)F)C(F)(F)F)C(F)(F)F)O[Si](C)C. The van der Waals surface area contributed by atoms with Crippen molar-refractivity contribution in [1.82, 2.24) is 0 Å². The van der Waals surface area contributed by atoms with Crippen LogP contribution in [0.1, 0.15) is 6.42 Å². The maximum Gasteiger partial charge on any atom is 0.462 e. The summed E-state index contributed by atoms with van der Waals surface area (Å²) in [4.78, 5) is 0. The number of halogens is 17. The third-order valence-electron chi connectivity index (χ3n) is 4.18. The molecule has 0 aromatic rings. The molecule has 39 heavy (non-hydrogen) atoms. The molecule has 0 N–H and O–H groups in total. The van der Waals surface area contributed by atoms with Crippen LogP contribution in [0, 0.1) is 0 Å². The Morgan fingerprint density at radius 3 is 1.21 bits per heavy atom. The van der Waals surface area contributed by atoms with Crippen LogP contribution in [0.2, 0.25) is 38.8 Å². The first-order valence-electron chi connectivity index (χ1n) is 9.80. The lowest BCUT2D eigenvalue weighted by Gasteiger charge is -2.41. The van der Waals surface area contributed by atoms with Crippen molar-refractivity contribution in [2.75, 3.05) is 0 Å². The molecule has 0 heterocycles. The van der Waals surface area contributed by atoms with Crippen LogP contribution in [-0.2, 0) is 17.7 Å². The maximum absolute atomic E-state index is 14.8. The summed E-state index contributed by atoms with van der Waals surface area (Å²) in [6.07, 6.45) is -40.1. The quantitative estimate of drug-likeness (QED) is 0.148. The van der Waals surface area contributed by atoms with Crippen molar-refractivity contribution in [3.05, 3.63) is 0 Å². The molecule has 0 rings (SSSR count). The molecule has 0 saturated heterocycles. The van der Waals surface area contributed by atoms with Crippen molar-refractivity contribution in [3.63, 3.8) is 0 Å². The molecule has 0 fully saturated rings. The minimum absolute atomic E-state index is 0.995. The molecule has 0 aromatic heterocycles. The summed E-state index contributed by atoms with van der Waals surface area (Å²) in [5.74, 6) is -21.8. The van der Waals surface area contributed by atoms with Crippen LogP contribution in [0.15, 0.2) is 0 Å². The molecule has 2 unspecified atom stereocenters. The molecule has 24 heteroatoms. The maximum atomic E-state index is 14.8. The molecule has 0 aliphatic rings. The zero-order chi connectivity index (χ0) is 31.9.